The molecule has 0 saturated carbocycles. The lowest BCUT2D eigenvalue weighted by Crippen LogP contribution is -2.11. The number of hydrogen-bond acceptors (Lipinski definition) is 2. The van der Waals surface area contributed by atoms with Crippen molar-refractivity contribution in [3.63, 3.8) is 0 Å². The molecule has 0 aliphatic carbocycles. The molecule has 0 bridgehead atoms. The van der Waals surface area contributed by atoms with Crippen molar-refractivity contribution in [3.05, 3.63) is 34.9 Å². The minimum atomic E-state index is -0.901. The number of aliphatic carboxylic acids is 1. The standard InChI is InChI=1S/C17H28O3/c1-6-20-16(11-15(5)12-17(18)19)10-14(4)9-7-8-13(2)3/h8,10,12,16H,6-7,9,11H2,1-5H3,(H,18,19)/b14-10+,15-12+. The van der Waals surface area contributed by atoms with Gasteiger partial charge in [-0.3, -0.25) is 0 Å². The zero-order valence-corrected chi connectivity index (χ0v) is 13.4. The maximum atomic E-state index is 10.6. The van der Waals surface area contributed by atoms with E-state index in [0.29, 0.717) is 13.0 Å². The van der Waals surface area contributed by atoms with Gasteiger partial charge in [-0.1, -0.05) is 28.9 Å². The Bertz CT molecular complexity index is 385. The highest BCUT2D eigenvalue weighted by atomic mass is 16.5. The molecule has 0 fully saturated rings. The summed E-state index contributed by atoms with van der Waals surface area (Å²) in [7, 11) is 0. The molecule has 0 aliphatic rings. The summed E-state index contributed by atoms with van der Waals surface area (Å²) in [6.07, 6.45) is 8.22. The lowest BCUT2D eigenvalue weighted by Gasteiger charge is -2.14. The van der Waals surface area contributed by atoms with Gasteiger partial charge in [0.25, 0.3) is 0 Å². The summed E-state index contributed by atoms with van der Waals surface area (Å²) in [5, 5.41) is 8.74. The molecule has 3 heteroatoms. The van der Waals surface area contributed by atoms with E-state index in [1.54, 1.807) is 0 Å². The molecular weight excluding hydrogens is 252 g/mol. The molecule has 0 aromatic carbocycles. The fraction of sp³-hybridized carbons (Fsp3) is 0.588. The Kier molecular flexibility index (Phi) is 9.73. The van der Waals surface area contributed by atoms with Crippen molar-refractivity contribution in [1.29, 1.82) is 0 Å². The lowest BCUT2D eigenvalue weighted by molar-refractivity contribution is -0.131. The first-order valence-corrected chi connectivity index (χ1v) is 7.17. The van der Waals surface area contributed by atoms with Gasteiger partial charge in [-0.2, -0.15) is 0 Å². The number of ether oxygens (including phenoxy) is 1. The summed E-state index contributed by atoms with van der Waals surface area (Å²) in [6.45, 7) is 10.7. The number of allylic oxidation sites excluding steroid dienone is 3. The fourth-order valence-electron chi connectivity index (χ4n) is 1.96. The molecule has 3 nitrogen and oxygen atoms in total. The molecule has 0 spiro atoms. The van der Waals surface area contributed by atoms with Gasteiger partial charge in [0.2, 0.25) is 0 Å². The lowest BCUT2D eigenvalue weighted by atomic mass is 10.0. The third-order valence-corrected chi connectivity index (χ3v) is 2.84. The van der Waals surface area contributed by atoms with Gasteiger partial charge >= 0.3 is 5.97 Å². The average molecular weight is 280 g/mol. The minimum absolute atomic E-state index is 0.0395. The van der Waals surface area contributed by atoms with E-state index < -0.39 is 5.97 Å². The van der Waals surface area contributed by atoms with Crippen molar-refractivity contribution in [2.75, 3.05) is 6.61 Å². The van der Waals surface area contributed by atoms with E-state index in [9.17, 15) is 4.79 Å². The molecule has 0 aliphatic heterocycles. The second-order valence-corrected chi connectivity index (χ2v) is 5.36. The van der Waals surface area contributed by atoms with Crippen molar-refractivity contribution >= 4 is 5.97 Å². The summed E-state index contributed by atoms with van der Waals surface area (Å²) in [4.78, 5) is 10.6. The van der Waals surface area contributed by atoms with Crippen molar-refractivity contribution < 1.29 is 14.6 Å². The molecule has 0 aromatic heterocycles. The summed E-state index contributed by atoms with van der Waals surface area (Å²) in [5.41, 5.74) is 3.44. The first-order valence-electron chi connectivity index (χ1n) is 7.17. The molecule has 20 heavy (non-hydrogen) atoms. The highest BCUT2D eigenvalue weighted by molar-refractivity contribution is 5.80. The van der Waals surface area contributed by atoms with Gasteiger partial charge in [0.1, 0.15) is 0 Å². The Hall–Kier alpha value is -1.35. The van der Waals surface area contributed by atoms with Crippen molar-refractivity contribution in [3.8, 4) is 0 Å². The smallest absolute Gasteiger partial charge is 0.328 e. The quantitative estimate of drug-likeness (QED) is 0.499. The van der Waals surface area contributed by atoms with Crippen LogP contribution in [-0.4, -0.2) is 23.8 Å². The van der Waals surface area contributed by atoms with Gasteiger partial charge in [-0.05, 0) is 53.9 Å². The number of carboxylic acid groups (broad SMARTS) is 1. The topological polar surface area (TPSA) is 46.5 Å². The van der Waals surface area contributed by atoms with Crippen molar-refractivity contribution in [2.45, 2.75) is 60.0 Å². The van der Waals surface area contributed by atoms with Crippen LogP contribution in [0.1, 0.15) is 53.9 Å². The van der Waals surface area contributed by atoms with Crippen LogP contribution in [0.15, 0.2) is 34.9 Å². The van der Waals surface area contributed by atoms with Gasteiger partial charge in [0, 0.05) is 12.7 Å². The van der Waals surface area contributed by atoms with E-state index in [2.05, 4.69) is 32.9 Å². The molecule has 0 aromatic rings. The van der Waals surface area contributed by atoms with Crippen LogP contribution in [0.5, 0.6) is 0 Å². The number of hydrogen-bond donors (Lipinski definition) is 1. The number of carboxylic acids is 1. The monoisotopic (exact) mass is 280 g/mol. The van der Waals surface area contributed by atoms with Crippen LogP contribution < -0.4 is 0 Å². The van der Waals surface area contributed by atoms with Crippen LogP contribution in [-0.2, 0) is 9.53 Å². The Morgan fingerprint density at radius 1 is 1.20 bits per heavy atom. The van der Waals surface area contributed by atoms with E-state index in [0.717, 1.165) is 18.4 Å². The molecule has 0 rings (SSSR count). The van der Waals surface area contributed by atoms with Crippen molar-refractivity contribution in [1.82, 2.24) is 0 Å². The van der Waals surface area contributed by atoms with E-state index in [4.69, 9.17) is 9.84 Å². The number of rotatable bonds is 9. The van der Waals surface area contributed by atoms with E-state index in [-0.39, 0.29) is 6.10 Å². The van der Waals surface area contributed by atoms with Gasteiger partial charge in [-0.25, -0.2) is 4.79 Å². The minimum Gasteiger partial charge on any atom is -0.478 e. The predicted octanol–water partition coefficient (Wildman–Crippen LogP) is 4.51. The average Bonchev–Trinajstić information content (AvgIpc) is 2.27. The molecule has 1 unspecified atom stereocenters. The molecular formula is C17H28O3. The van der Waals surface area contributed by atoms with Gasteiger partial charge in [0.15, 0.2) is 0 Å². The molecule has 0 heterocycles. The summed E-state index contributed by atoms with van der Waals surface area (Å²) in [5.74, 6) is -0.901. The molecule has 1 N–H and O–H groups in total. The molecule has 1 atom stereocenters. The highest BCUT2D eigenvalue weighted by Gasteiger charge is 2.07. The van der Waals surface area contributed by atoms with Crippen LogP contribution in [0.4, 0.5) is 0 Å². The zero-order valence-electron chi connectivity index (χ0n) is 13.4. The highest BCUT2D eigenvalue weighted by Crippen LogP contribution is 2.14. The maximum Gasteiger partial charge on any atom is 0.328 e. The van der Waals surface area contributed by atoms with Crippen LogP contribution in [0, 0.1) is 0 Å². The SMILES string of the molecule is CCOC(/C=C(\C)CCC=C(C)C)C/C(C)=C/C(=O)O. The second-order valence-electron chi connectivity index (χ2n) is 5.36. The molecule has 114 valence electrons. The Morgan fingerprint density at radius 3 is 2.35 bits per heavy atom. The van der Waals surface area contributed by atoms with E-state index in [1.807, 2.05) is 13.8 Å². The summed E-state index contributed by atoms with van der Waals surface area (Å²) < 4.78 is 5.67. The Balaban J connectivity index is 4.58. The normalized spacial score (nSPS) is 14.1. The van der Waals surface area contributed by atoms with Crippen molar-refractivity contribution in [2.24, 2.45) is 0 Å². The third kappa shape index (κ3) is 10.6. The molecule has 0 saturated heterocycles. The first kappa shape index (κ1) is 18.7. The molecule has 0 radical (unpaired) electrons. The number of carbonyl (C=O) groups is 1. The zero-order chi connectivity index (χ0) is 15.5. The van der Waals surface area contributed by atoms with Crippen LogP contribution in [0.25, 0.3) is 0 Å². The first-order chi connectivity index (χ1) is 9.35. The van der Waals surface area contributed by atoms with Gasteiger partial charge in [0.05, 0.1) is 6.10 Å². The summed E-state index contributed by atoms with van der Waals surface area (Å²) in [6, 6.07) is 0. The Morgan fingerprint density at radius 2 is 1.85 bits per heavy atom. The fourth-order valence-corrected chi connectivity index (χ4v) is 1.96. The molecule has 0 amide bonds. The predicted molar refractivity (Wildman–Crippen MR) is 83.8 cm³/mol. The Labute approximate surface area is 123 Å². The summed E-state index contributed by atoms with van der Waals surface area (Å²) >= 11 is 0. The van der Waals surface area contributed by atoms with Gasteiger partial charge < -0.3 is 9.84 Å². The third-order valence-electron chi connectivity index (χ3n) is 2.84. The van der Waals surface area contributed by atoms with Crippen LogP contribution in [0.3, 0.4) is 0 Å². The largest absolute Gasteiger partial charge is 0.478 e. The van der Waals surface area contributed by atoms with Gasteiger partial charge in [-0.15, -0.1) is 0 Å². The second kappa shape index (κ2) is 10.4. The maximum absolute atomic E-state index is 10.6. The van der Waals surface area contributed by atoms with Crippen LogP contribution >= 0.6 is 0 Å². The van der Waals surface area contributed by atoms with Crippen LogP contribution in [0.2, 0.25) is 0 Å². The van der Waals surface area contributed by atoms with E-state index >= 15 is 0 Å². The van der Waals surface area contributed by atoms with E-state index in [1.165, 1.54) is 17.2 Å².